The van der Waals surface area contributed by atoms with Crippen molar-refractivity contribution in [1.29, 1.82) is 0 Å². The predicted octanol–water partition coefficient (Wildman–Crippen LogP) is 1.12. The molecule has 11 heteroatoms. The number of tetrazole rings is 1. The maximum Gasteiger partial charge on any atom is 0.336 e. The molecule has 11 nitrogen and oxygen atoms in total. The van der Waals surface area contributed by atoms with Crippen molar-refractivity contribution in [2.75, 3.05) is 33.3 Å². The molecule has 2 aliphatic heterocycles. The van der Waals surface area contributed by atoms with Crippen molar-refractivity contribution in [2.24, 2.45) is 11.8 Å². The van der Waals surface area contributed by atoms with Crippen LogP contribution in [-0.2, 0) is 14.3 Å². The van der Waals surface area contributed by atoms with Crippen molar-refractivity contribution < 1.29 is 19.4 Å². The normalized spacial score (nSPS) is 19.2. The molecule has 2 unspecified atom stereocenters. The fourth-order valence-electron chi connectivity index (χ4n) is 4.79. The second-order valence-corrected chi connectivity index (χ2v) is 8.92. The van der Waals surface area contributed by atoms with Gasteiger partial charge in [0.1, 0.15) is 12.9 Å². The fourth-order valence-corrected chi connectivity index (χ4v) is 4.79. The lowest BCUT2D eigenvalue weighted by Gasteiger charge is -2.37. The van der Waals surface area contributed by atoms with Gasteiger partial charge in [0.2, 0.25) is 5.91 Å². The van der Waals surface area contributed by atoms with Crippen molar-refractivity contribution in [3.05, 3.63) is 41.5 Å². The summed E-state index contributed by atoms with van der Waals surface area (Å²) in [4.78, 5) is 33.1. The topological polar surface area (TPSA) is 127 Å². The molecule has 1 amide bonds. The molecule has 0 radical (unpaired) electrons. The molecule has 0 bridgehead atoms. The summed E-state index contributed by atoms with van der Waals surface area (Å²) < 4.78 is 6.53. The maximum absolute atomic E-state index is 13.2. The highest BCUT2D eigenvalue weighted by molar-refractivity contribution is 5.92. The number of β-amino-alcohol motifs (C(OH)–C–C–N with tert-alkyl or cyclic N) is 1. The number of hydrogen-bond acceptors (Lipinski definition) is 9. The number of amides is 1. The highest BCUT2D eigenvalue weighted by Crippen LogP contribution is 2.31. The number of cyclic esters (lactones) is 1. The summed E-state index contributed by atoms with van der Waals surface area (Å²) in [5.41, 5.74) is 1.91. The number of piperidine rings is 1. The summed E-state index contributed by atoms with van der Waals surface area (Å²) in [6.07, 6.45) is 4.97. The summed E-state index contributed by atoms with van der Waals surface area (Å²) in [5.74, 6) is 0.444. The van der Waals surface area contributed by atoms with Crippen molar-refractivity contribution in [3.8, 4) is 5.82 Å². The van der Waals surface area contributed by atoms with Crippen LogP contribution in [0.2, 0.25) is 0 Å². The van der Waals surface area contributed by atoms with Crippen molar-refractivity contribution in [3.63, 3.8) is 0 Å². The first-order valence-electron chi connectivity index (χ1n) is 11.6. The van der Waals surface area contributed by atoms with Crippen LogP contribution in [0.25, 0.3) is 5.82 Å². The third-order valence-electron chi connectivity index (χ3n) is 6.94. The molecule has 34 heavy (non-hydrogen) atoms. The van der Waals surface area contributed by atoms with Crippen LogP contribution in [0.1, 0.15) is 44.8 Å². The van der Waals surface area contributed by atoms with Crippen LogP contribution in [0.4, 0.5) is 0 Å². The molecule has 2 aromatic heterocycles. The molecule has 0 spiro atoms. The van der Waals surface area contributed by atoms with Gasteiger partial charge in [0.15, 0.2) is 5.82 Å². The molecule has 4 heterocycles. The Balaban J connectivity index is 1.30. The Bertz CT molecular complexity index is 1030. The van der Waals surface area contributed by atoms with Crippen molar-refractivity contribution in [1.82, 2.24) is 35.0 Å². The van der Waals surface area contributed by atoms with Gasteiger partial charge >= 0.3 is 5.97 Å². The van der Waals surface area contributed by atoms with Crippen LogP contribution in [0.15, 0.2) is 35.9 Å². The van der Waals surface area contributed by atoms with E-state index in [1.165, 1.54) is 11.0 Å². The molecule has 2 aliphatic rings. The summed E-state index contributed by atoms with van der Waals surface area (Å²) in [6, 6.07) is 3.60. The third kappa shape index (κ3) is 5.00. The van der Waals surface area contributed by atoms with E-state index < -0.39 is 6.10 Å². The SMILES string of the molecule is CCC(C(=O)N(C)C1=C(C)C(=O)OC1)C1CCN(CC(O)c2ccc(-n3cnnn3)nc2)CC1. The number of rotatable bonds is 8. The molecule has 4 rings (SSSR count). The molecular weight excluding hydrogens is 438 g/mol. The number of carbonyl (C=O) groups is 2. The monoisotopic (exact) mass is 469 g/mol. The Labute approximate surface area is 198 Å². The molecule has 0 aromatic carbocycles. The Hall–Kier alpha value is -3.18. The number of aromatic nitrogens is 5. The second-order valence-electron chi connectivity index (χ2n) is 8.92. The van der Waals surface area contributed by atoms with Crippen LogP contribution >= 0.6 is 0 Å². The Morgan fingerprint density at radius 2 is 2.09 bits per heavy atom. The van der Waals surface area contributed by atoms with Crippen LogP contribution in [0.3, 0.4) is 0 Å². The number of aliphatic hydroxyl groups is 1. The van der Waals surface area contributed by atoms with Gasteiger partial charge in [-0.15, -0.1) is 5.10 Å². The first-order valence-corrected chi connectivity index (χ1v) is 11.6. The highest BCUT2D eigenvalue weighted by Gasteiger charge is 2.35. The molecule has 1 saturated heterocycles. The van der Waals surface area contributed by atoms with E-state index in [-0.39, 0.29) is 30.3 Å². The number of nitrogens with zero attached hydrogens (tertiary/aromatic N) is 7. The zero-order chi connectivity index (χ0) is 24.2. The van der Waals surface area contributed by atoms with E-state index in [9.17, 15) is 14.7 Å². The zero-order valence-electron chi connectivity index (χ0n) is 19.8. The van der Waals surface area contributed by atoms with E-state index in [1.807, 2.05) is 13.0 Å². The lowest BCUT2D eigenvalue weighted by molar-refractivity contribution is -0.138. The largest absolute Gasteiger partial charge is 0.456 e. The summed E-state index contributed by atoms with van der Waals surface area (Å²) >= 11 is 0. The standard InChI is InChI=1S/C23H31N7O4/c1-4-18(22(32)28(3)19-13-34-23(33)15(19)2)16-7-9-29(10-8-16)12-20(31)17-5-6-21(24-11-17)30-14-25-26-27-30/h5-6,11,14,16,18,20,31H,4,7-10,12-13H2,1-3H3. The average Bonchev–Trinajstić information content (AvgIpc) is 3.51. The maximum atomic E-state index is 13.2. The molecular formula is C23H31N7O4. The van der Waals surface area contributed by atoms with Gasteiger partial charge in [0.05, 0.1) is 17.4 Å². The summed E-state index contributed by atoms with van der Waals surface area (Å²) in [5, 5.41) is 21.7. The lowest BCUT2D eigenvalue weighted by Crippen LogP contribution is -2.42. The number of ether oxygens (including phenoxy) is 1. The Morgan fingerprint density at radius 3 is 2.65 bits per heavy atom. The van der Waals surface area contributed by atoms with Crippen LogP contribution < -0.4 is 0 Å². The fraction of sp³-hybridized carbons (Fsp3) is 0.565. The molecule has 1 fully saturated rings. The average molecular weight is 470 g/mol. The second kappa shape index (κ2) is 10.4. The van der Waals surface area contributed by atoms with Gasteiger partial charge in [-0.2, -0.15) is 4.68 Å². The number of likely N-dealkylation sites (N-methyl/N-ethyl adjacent to an activating group) is 1. The summed E-state index contributed by atoms with van der Waals surface area (Å²) in [6.45, 7) is 6.04. The highest BCUT2D eigenvalue weighted by atomic mass is 16.5. The number of aliphatic hydroxyl groups excluding tert-OH is 1. The van der Waals surface area contributed by atoms with E-state index in [1.54, 1.807) is 31.1 Å². The van der Waals surface area contributed by atoms with Gasteiger partial charge in [-0.1, -0.05) is 13.0 Å². The van der Waals surface area contributed by atoms with Gasteiger partial charge in [-0.05, 0) is 61.7 Å². The number of esters is 1. The van der Waals surface area contributed by atoms with Gasteiger partial charge in [-0.3, -0.25) is 4.79 Å². The van der Waals surface area contributed by atoms with E-state index in [0.29, 0.717) is 23.6 Å². The number of carbonyl (C=O) groups excluding carboxylic acids is 2. The van der Waals surface area contributed by atoms with Gasteiger partial charge in [0.25, 0.3) is 0 Å². The predicted molar refractivity (Wildman–Crippen MR) is 121 cm³/mol. The molecule has 0 saturated carbocycles. The molecule has 182 valence electrons. The van der Waals surface area contributed by atoms with Crippen LogP contribution in [0.5, 0.6) is 0 Å². The quantitative estimate of drug-likeness (QED) is 0.566. The van der Waals surface area contributed by atoms with E-state index >= 15 is 0 Å². The zero-order valence-corrected chi connectivity index (χ0v) is 19.8. The summed E-state index contributed by atoms with van der Waals surface area (Å²) in [7, 11) is 1.73. The molecule has 2 atom stereocenters. The van der Waals surface area contributed by atoms with E-state index in [4.69, 9.17) is 4.74 Å². The third-order valence-corrected chi connectivity index (χ3v) is 6.94. The number of hydrogen-bond donors (Lipinski definition) is 1. The van der Waals surface area contributed by atoms with E-state index in [0.717, 1.165) is 37.9 Å². The minimum atomic E-state index is -0.656. The van der Waals surface area contributed by atoms with Crippen molar-refractivity contribution in [2.45, 2.75) is 39.2 Å². The Morgan fingerprint density at radius 1 is 1.32 bits per heavy atom. The molecule has 1 N–H and O–H groups in total. The van der Waals surface area contributed by atoms with Crippen molar-refractivity contribution >= 4 is 11.9 Å². The van der Waals surface area contributed by atoms with Crippen LogP contribution in [0, 0.1) is 11.8 Å². The minimum Gasteiger partial charge on any atom is -0.456 e. The lowest BCUT2D eigenvalue weighted by atomic mass is 9.81. The Kier molecular flexibility index (Phi) is 7.32. The van der Waals surface area contributed by atoms with Gasteiger partial charge in [0, 0.05) is 31.3 Å². The first kappa shape index (κ1) is 24.0. The minimum absolute atomic E-state index is 0.0439. The van der Waals surface area contributed by atoms with Crippen LogP contribution in [-0.4, -0.2) is 85.3 Å². The molecule has 2 aromatic rings. The number of pyridine rings is 1. The first-order chi connectivity index (χ1) is 16.4. The van der Waals surface area contributed by atoms with Gasteiger partial charge in [-0.25, -0.2) is 9.78 Å². The van der Waals surface area contributed by atoms with Gasteiger partial charge < -0.3 is 19.6 Å². The smallest absolute Gasteiger partial charge is 0.336 e. The van der Waals surface area contributed by atoms with E-state index in [2.05, 4.69) is 25.4 Å². The molecule has 0 aliphatic carbocycles. The number of likely N-dealkylation sites (tertiary alicyclic amines) is 1.